The molecule has 2 aromatic rings. The minimum Gasteiger partial charge on any atom is -0.496 e. The molecule has 2 heterocycles. The lowest BCUT2D eigenvalue weighted by Gasteiger charge is -2.09. The number of nitrogens with zero attached hydrogens (tertiary/aromatic N) is 3. The van der Waals surface area contributed by atoms with Gasteiger partial charge in [0.2, 0.25) is 0 Å². The molecule has 20 heavy (non-hydrogen) atoms. The monoisotopic (exact) mass is 274 g/mol. The summed E-state index contributed by atoms with van der Waals surface area (Å²) < 4.78 is 8.57. The van der Waals surface area contributed by atoms with Crippen LogP contribution in [0.3, 0.4) is 0 Å². The molecule has 1 aliphatic heterocycles. The van der Waals surface area contributed by atoms with Gasteiger partial charge in [-0.1, -0.05) is 0 Å². The van der Waals surface area contributed by atoms with Crippen LogP contribution in [0.2, 0.25) is 0 Å². The minimum atomic E-state index is -0.0517. The first-order valence-electron chi connectivity index (χ1n) is 6.78. The molecule has 0 aliphatic carbocycles. The summed E-state index contributed by atoms with van der Waals surface area (Å²) in [6.45, 7) is 1.15. The van der Waals surface area contributed by atoms with Crippen LogP contribution in [0.5, 0.6) is 5.75 Å². The predicted octanol–water partition coefficient (Wildman–Crippen LogP) is 1.02. The Kier molecular flexibility index (Phi) is 3.22. The van der Waals surface area contributed by atoms with Crippen molar-refractivity contribution >= 4 is 5.69 Å². The number of aromatic nitrogens is 3. The molecule has 0 bridgehead atoms. The van der Waals surface area contributed by atoms with E-state index in [1.807, 2.05) is 12.1 Å². The highest BCUT2D eigenvalue weighted by molar-refractivity contribution is 5.47. The van der Waals surface area contributed by atoms with Crippen molar-refractivity contribution in [3.8, 4) is 5.75 Å². The average Bonchev–Trinajstić information content (AvgIpc) is 2.76. The van der Waals surface area contributed by atoms with Crippen molar-refractivity contribution < 1.29 is 4.74 Å². The third kappa shape index (κ3) is 2.17. The molecule has 0 amide bonds. The van der Waals surface area contributed by atoms with Gasteiger partial charge < -0.3 is 10.5 Å². The van der Waals surface area contributed by atoms with Crippen molar-refractivity contribution in [1.82, 2.24) is 14.3 Å². The van der Waals surface area contributed by atoms with Gasteiger partial charge in [-0.15, -0.1) is 0 Å². The van der Waals surface area contributed by atoms with Crippen molar-refractivity contribution in [3.05, 3.63) is 40.1 Å². The summed E-state index contributed by atoms with van der Waals surface area (Å²) in [7, 11) is 1.61. The molecule has 2 N–H and O–H groups in total. The van der Waals surface area contributed by atoms with Crippen LogP contribution in [-0.2, 0) is 19.5 Å². The van der Waals surface area contributed by atoms with Crippen LogP contribution < -0.4 is 16.2 Å². The van der Waals surface area contributed by atoms with Crippen molar-refractivity contribution in [2.45, 2.75) is 32.4 Å². The molecule has 1 aromatic heterocycles. The molecule has 1 aliphatic rings. The van der Waals surface area contributed by atoms with E-state index in [0.29, 0.717) is 12.2 Å². The number of hydrogen-bond donors (Lipinski definition) is 1. The summed E-state index contributed by atoms with van der Waals surface area (Å²) in [6.07, 6.45) is 3.01. The number of nitrogens with two attached hydrogens (primary N) is 1. The Morgan fingerprint density at radius 3 is 3.00 bits per heavy atom. The minimum absolute atomic E-state index is 0.0517. The maximum Gasteiger partial charge on any atom is 0.346 e. The number of anilines is 1. The normalized spacial score (nSPS) is 14.1. The van der Waals surface area contributed by atoms with Gasteiger partial charge >= 0.3 is 5.69 Å². The molecule has 3 rings (SSSR count). The molecule has 0 atom stereocenters. The number of aryl methyl sites for hydroxylation is 1. The first-order valence-corrected chi connectivity index (χ1v) is 6.78. The second-order valence-corrected chi connectivity index (χ2v) is 5.04. The highest BCUT2D eigenvalue weighted by atomic mass is 16.5. The third-order valence-corrected chi connectivity index (χ3v) is 3.66. The fourth-order valence-corrected chi connectivity index (χ4v) is 2.63. The fourth-order valence-electron chi connectivity index (χ4n) is 2.63. The van der Waals surface area contributed by atoms with Gasteiger partial charge in [0.05, 0.1) is 13.7 Å². The average molecular weight is 274 g/mol. The molecule has 0 saturated heterocycles. The second kappa shape index (κ2) is 5.03. The predicted molar refractivity (Wildman–Crippen MR) is 75.9 cm³/mol. The highest BCUT2D eigenvalue weighted by Crippen LogP contribution is 2.21. The number of benzene rings is 1. The van der Waals surface area contributed by atoms with Crippen LogP contribution >= 0.6 is 0 Å². The zero-order valence-electron chi connectivity index (χ0n) is 11.5. The van der Waals surface area contributed by atoms with Crippen molar-refractivity contribution in [2.24, 2.45) is 0 Å². The summed E-state index contributed by atoms with van der Waals surface area (Å²) >= 11 is 0. The highest BCUT2D eigenvalue weighted by Gasteiger charge is 2.17. The van der Waals surface area contributed by atoms with E-state index in [9.17, 15) is 4.79 Å². The summed E-state index contributed by atoms with van der Waals surface area (Å²) in [5.41, 5.74) is 7.27. The first-order chi connectivity index (χ1) is 9.69. The summed E-state index contributed by atoms with van der Waals surface area (Å²) in [5, 5.41) is 4.42. The number of methoxy groups -OCH3 is 1. The Bertz CT molecular complexity index is 687. The summed E-state index contributed by atoms with van der Waals surface area (Å²) in [6, 6.07) is 5.42. The second-order valence-electron chi connectivity index (χ2n) is 5.04. The van der Waals surface area contributed by atoms with E-state index >= 15 is 0 Å². The Hall–Kier alpha value is -2.24. The van der Waals surface area contributed by atoms with Gasteiger partial charge in [0.15, 0.2) is 0 Å². The molecule has 106 valence electrons. The Morgan fingerprint density at radius 2 is 2.25 bits per heavy atom. The third-order valence-electron chi connectivity index (χ3n) is 3.66. The van der Waals surface area contributed by atoms with Crippen LogP contribution in [-0.4, -0.2) is 21.5 Å². The Morgan fingerprint density at radius 1 is 1.40 bits per heavy atom. The number of hydrogen-bond acceptors (Lipinski definition) is 4. The van der Waals surface area contributed by atoms with Gasteiger partial charge in [-0.2, -0.15) is 5.10 Å². The first kappa shape index (κ1) is 12.8. The van der Waals surface area contributed by atoms with Crippen LogP contribution in [0.1, 0.15) is 24.2 Å². The molecular formula is C14H18N4O2. The summed E-state index contributed by atoms with van der Waals surface area (Å²) in [4.78, 5) is 12.3. The Balaban J connectivity index is 1.98. The zero-order valence-corrected chi connectivity index (χ0v) is 11.5. The van der Waals surface area contributed by atoms with E-state index in [4.69, 9.17) is 10.5 Å². The van der Waals surface area contributed by atoms with Gasteiger partial charge in [0.25, 0.3) is 0 Å². The molecule has 6 heteroatoms. The standard InChI is InChI=1S/C14H18N4O2/c1-20-12-6-5-11(15)8-10(12)9-18-14(19)17-7-3-2-4-13(17)16-18/h5-6,8H,2-4,7,9,15H2,1H3. The number of fused-ring (bicyclic) bond motifs is 1. The van der Waals surface area contributed by atoms with E-state index in [-0.39, 0.29) is 5.69 Å². The fraction of sp³-hybridized carbons (Fsp3) is 0.429. The van der Waals surface area contributed by atoms with E-state index in [1.165, 1.54) is 4.68 Å². The van der Waals surface area contributed by atoms with Gasteiger partial charge in [-0.05, 0) is 31.0 Å². The van der Waals surface area contributed by atoms with Crippen LogP contribution in [0.15, 0.2) is 23.0 Å². The lowest BCUT2D eigenvalue weighted by atomic mass is 10.2. The molecule has 1 aromatic carbocycles. The van der Waals surface area contributed by atoms with Crippen molar-refractivity contribution in [1.29, 1.82) is 0 Å². The maximum absolute atomic E-state index is 12.3. The largest absolute Gasteiger partial charge is 0.496 e. The SMILES string of the molecule is COc1ccc(N)cc1Cn1nc2n(c1=O)CCCC2. The van der Waals surface area contributed by atoms with Crippen molar-refractivity contribution in [2.75, 3.05) is 12.8 Å². The zero-order chi connectivity index (χ0) is 14.1. The van der Waals surface area contributed by atoms with E-state index in [1.54, 1.807) is 17.7 Å². The van der Waals surface area contributed by atoms with E-state index in [0.717, 1.165) is 42.9 Å². The molecule has 6 nitrogen and oxygen atoms in total. The molecule has 0 radical (unpaired) electrons. The maximum atomic E-state index is 12.3. The van der Waals surface area contributed by atoms with E-state index in [2.05, 4.69) is 5.10 Å². The number of ether oxygens (including phenoxy) is 1. The van der Waals surface area contributed by atoms with Crippen LogP contribution in [0.25, 0.3) is 0 Å². The molecular weight excluding hydrogens is 256 g/mol. The summed E-state index contributed by atoms with van der Waals surface area (Å²) in [5.74, 6) is 1.60. The molecule has 0 saturated carbocycles. The number of rotatable bonds is 3. The van der Waals surface area contributed by atoms with Crippen LogP contribution in [0.4, 0.5) is 5.69 Å². The topological polar surface area (TPSA) is 75.1 Å². The smallest absolute Gasteiger partial charge is 0.346 e. The molecule has 0 unspecified atom stereocenters. The Labute approximate surface area is 116 Å². The van der Waals surface area contributed by atoms with Gasteiger partial charge in [0.1, 0.15) is 11.6 Å². The quantitative estimate of drug-likeness (QED) is 0.848. The van der Waals surface area contributed by atoms with Gasteiger partial charge in [0, 0.05) is 24.2 Å². The lowest BCUT2D eigenvalue weighted by Crippen LogP contribution is -2.27. The van der Waals surface area contributed by atoms with E-state index < -0.39 is 0 Å². The van der Waals surface area contributed by atoms with Crippen molar-refractivity contribution in [3.63, 3.8) is 0 Å². The lowest BCUT2D eigenvalue weighted by molar-refractivity contribution is 0.407. The van der Waals surface area contributed by atoms with Gasteiger partial charge in [-0.25, -0.2) is 9.48 Å². The number of nitrogen functional groups attached to an aromatic ring is 1. The molecule has 0 spiro atoms. The van der Waals surface area contributed by atoms with Gasteiger partial charge in [-0.3, -0.25) is 4.57 Å². The van der Waals surface area contributed by atoms with Crippen LogP contribution in [0, 0.1) is 0 Å². The molecule has 0 fully saturated rings.